The van der Waals surface area contributed by atoms with Gasteiger partial charge >= 0.3 is 0 Å². The van der Waals surface area contributed by atoms with Crippen molar-refractivity contribution >= 4 is 17.2 Å². The molecule has 1 aromatic heterocycles. The van der Waals surface area contributed by atoms with Crippen LogP contribution in [0.5, 0.6) is 0 Å². The molecule has 0 aliphatic rings. The van der Waals surface area contributed by atoms with Crippen molar-refractivity contribution in [1.29, 1.82) is 0 Å². The van der Waals surface area contributed by atoms with E-state index in [-0.39, 0.29) is 5.56 Å². The molecule has 2 aromatic carbocycles. The molecule has 0 bridgehead atoms. The van der Waals surface area contributed by atoms with Crippen molar-refractivity contribution in [3.8, 4) is 11.1 Å². The first-order chi connectivity index (χ1) is 9.28. The van der Waals surface area contributed by atoms with E-state index in [0.717, 1.165) is 28.3 Å². The molecule has 0 atom stereocenters. The minimum absolute atomic E-state index is 0.148. The summed E-state index contributed by atoms with van der Waals surface area (Å²) in [6, 6.07) is 16.4. The largest absolute Gasteiger partial charge is 0.322 e. The number of hydrogen-bond donors (Lipinski definition) is 1. The number of carbonyl (C=O) groups is 1. The van der Waals surface area contributed by atoms with Gasteiger partial charge < -0.3 is 4.98 Å². The highest BCUT2D eigenvalue weighted by Crippen LogP contribution is 2.26. The van der Waals surface area contributed by atoms with E-state index in [9.17, 15) is 9.59 Å². The van der Waals surface area contributed by atoms with Crippen LogP contribution in [0.25, 0.3) is 22.0 Å². The molecule has 3 nitrogen and oxygen atoms in total. The Morgan fingerprint density at radius 2 is 1.79 bits per heavy atom. The molecular formula is C16H11NO2. The van der Waals surface area contributed by atoms with Crippen molar-refractivity contribution in [2.45, 2.75) is 0 Å². The van der Waals surface area contributed by atoms with Gasteiger partial charge in [0.2, 0.25) is 5.56 Å². The van der Waals surface area contributed by atoms with Gasteiger partial charge in [-0.2, -0.15) is 0 Å². The molecule has 0 aliphatic carbocycles. The maximum Gasteiger partial charge on any atom is 0.249 e. The number of fused-ring (bicyclic) bond motifs is 1. The summed E-state index contributed by atoms with van der Waals surface area (Å²) in [6.45, 7) is 0. The fourth-order valence-corrected chi connectivity index (χ4v) is 2.22. The lowest BCUT2D eigenvalue weighted by molar-refractivity contribution is 0.112. The van der Waals surface area contributed by atoms with Crippen molar-refractivity contribution in [2.75, 3.05) is 0 Å². The van der Waals surface area contributed by atoms with Crippen molar-refractivity contribution in [3.05, 3.63) is 70.5 Å². The Kier molecular flexibility index (Phi) is 2.72. The Labute approximate surface area is 109 Å². The van der Waals surface area contributed by atoms with Gasteiger partial charge in [-0.3, -0.25) is 9.59 Å². The predicted octanol–water partition coefficient (Wildman–Crippen LogP) is 3.01. The second kappa shape index (κ2) is 4.53. The molecule has 0 spiro atoms. The van der Waals surface area contributed by atoms with E-state index in [1.807, 2.05) is 36.4 Å². The number of aromatic amines is 1. The number of carbonyl (C=O) groups excluding carboxylic acids is 1. The molecule has 0 radical (unpaired) electrons. The number of H-pyrrole nitrogens is 1. The van der Waals surface area contributed by atoms with Crippen molar-refractivity contribution in [1.82, 2.24) is 4.98 Å². The Morgan fingerprint density at radius 3 is 2.63 bits per heavy atom. The van der Waals surface area contributed by atoms with E-state index < -0.39 is 0 Å². The molecular weight excluding hydrogens is 238 g/mol. The zero-order valence-electron chi connectivity index (χ0n) is 10.1. The second-order valence-electron chi connectivity index (χ2n) is 4.34. The quantitative estimate of drug-likeness (QED) is 0.710. The zero-order valence-corrected chi connectivity index (χ0v) is 10.1. The van der Waals surface area contributed by atoms with Crippen molar-refractivity contribution < 1.29 is 4.79 Å². The van der Waals surface area contributed by atoms with Gasteiger partial charge in [0.25, 0.3) is 0 Å². The first-order valence-electron chi connectivity index (χ1n) is 5.95. The molecule has 0 aliphatic heterocycles. The molecule has 3 heteroatoms. The van der Waals surface area contributed by atoms with Crippen LogP contribution in [0, 0.1) is 0 Å². The molecule has 19 heavy (non-hydrogen) atoms. The van der Waals surface area contributed by atoms with Crippen LogP contribution < -0.4 is 5.56 Å². The van der Waals surface area contributed by atoms with Gasteiger partial charge in [-0.1, -0.05) is 36.4 Å². The standard InChI is InChI=1S/C16H11NO2/c18-10-11-4-3-5-12(8-11)14-9-16(19)17-15-7-2-1-6-13(14)15/h1-10H,(H,17,19). The summed E-state index contributed by atoms with van der Waals surface area (Å²) in [4.78, 5) is 25.4. The molecule has 92 valence electrons. The van der Waals surface area contributed by atoms with Gasteiger partial charge in [0.1, 0.15) is 6.29 Å². The van der Waals surface area contributed by atoms with Crippen molar-refractivity contribution in [3.63, 3.8) is 0 Å². The van der Waals surface area contributed by atoms with E-state index in [4.69, 9.17) is 0 Å². The Morgan fingerprint density at radius 1 is 0.947 bits per heavy atom. The molecule has 0 saturated heterocycles. The summed E-state index contributed by atoms with van der Waals surface area (Å²) in [5, 5.41) is 0.963. The number of pyridine rings is 1. The van der Waals surface area contributed by atoms with Crippen LogP contribution >= 0.6 is 0 Å². The number of para-hydroxylation sites is 1. The minimum atomic E-state index is -0.148. The normalized spacial score (nSPS) is 10.5. The highest BCUT2D eigenvalue weighted by Gasteiger charge is 2.06. The van der Waals surface area contributed by atoms with E-state index in [2.05, 4.69) is 4.98 Å². The van der Waals surface area contributed by atoms with E-state index >= 15 is 0 Å². The summed E-state index contributed by atoms with van der Waals surface area (Å²) >= 11 is 0. The monoisotopic (exact) mass is 249 g/mol. The molecule has 0 unspecified atom stereocenters. The lowest BCUT2D eigenvalue weighted by atomic mass is 10.00. The molecule has 0 fully saturated rings. The van der Waals surface area contributed by atoms with E-state index in [1.54, 1.807) is 18.2 Å². The number of rotatable bonds is 2. The Bertz CT molecular complexity index is 818. The average molecular weight is 249 g/mol. The van der Waals surface area contributed by atoms with Gasteiger partial charge in [0, 0.05) is 22.5 Å². The fraction of sp³-hybridized carbons (Fsp3) is 0. The molecule has 1 N–H and O–H groups in total. The number of nitrogens with one attached hydrogen (secondary N) is 1. The molecule has 0 saturated carbocycles. The maximum atomic E-state index is 11.7. The highest BCUT2D eigenvalue weighted by atomic mass is 16.1. The van der Waals surface area contributed by atoms with E-state index in [0.29, 0.717) is 5.56 Å². The number of hydrogen-bond acceptors (Lipinski definition) is 2. The van der Waals surface area contributed by atoms with Crippen LogP contribution in [0.15, 0.2) is 59.4 Å². The van der Waals surface area contributed by atoms with Crippen molar-refractivity contribution in [2.24, 2.45) is 0 Å². The molecule has 0 amide bonds. The summed E-state index contributed by atoms with van der Waals surface area (Å²) < 4.78 is 0. The van der Waals surface area contributed by atoms with E-state index in [1.165, 1.54) is 0 Å². The van der Waals surface area contributed by atoms with Crippen LogP contribution in [-0.4, -0.2) is 11.3 Å². The molecule has 3 rings (SSSR count). The van der Waals surface area contributed by atoms with Gasteiger partial charge in [-0.15, -0.1) is 0 Å². The SMILES string of the molecule is O=Cc1cccc(-c2cc(=O)[nH]c3ccccc23)c1. The van der Waals surface area contributed by atoms with Crippen LogP contribution in [0.2, 0.25) is 0 Å². The third-order valence-corrected chi connectivity index (χ3v) is 3.08. The van der Waals surface area contributed by atoms with Crippen LogP contribution in [-0.2, 0) is 0 Å². The first kappa shape index (κ1) is 11.4. The maximum absolute atomic E-state index is 11.7. The van der Waals surface area contributed by atoms with Crippen LogP contribution in [0.3, 0.4) is 0 Å². The number of aromatic nitrogens is 1. The van der Waals surface area contributed by atoms with Crippen LogP contribution in [0.4, 0.5) is 0 Å². The Hall–Kier alpha value is -2.68. The highest BCUT2D eigenvalue weighted by molar-refractivity contribution is 5.95. The third-order valence-electron chi connectivity index (χ3n) is 3.08. The summed E-state index contributed by atoms with van der Waals surface area (Å²) in [6.07, 6.45) is 0.804. The smallest absolute Gasteiger partial charge is 0.249 e. The number of aldehydes is 1. The molecule has 3 aromatic rings. The third kappa shape index (κ3) is 2.06. The fourth-order valence-electron chi connectivity index (χ4n) is 2.22. The van der Waals surface area contributed by atoms with Gasteiger partial charge in [-0.25, -0.2) is 0 Å². The van der Waals surface area contributed by atoms with Crippen LogP contribution in [0.1, 0.15) is 10.4 Å². The summed E-state index contributed by atoms with van der Waals surface area (Å²) in [5.41, 5.74) is 2.95. The first-order valence-corrected chi connectivity index (χ1v) is 5.95. The molecule has 1 heterocycles. The predicted molar refractivity (Wildman–Crippen MR) is 75.4 cm³/mol. The Balaban J connectivity index is 2.35. The zero-order chi connectivity index (χ0) is 13.2. The topological polar surface area (TPSA) is 49.9 Å². The lowest BCUT2D eigenvalue weighted by Gasteiger charge is -2.06. The second-order valence-corrected chi connectivity index (χ2v) is 4.34. The summed E-state index contributed by atoms with van der Waals surface area (Å²) in [7, 11) is 0. The van der Waals surface area contributed by atoms with Gasteiger partial charge in [0.15, 0.2) is 0 Å². The van der Waals surface area contributed by atoms with Gasteiger partial charge in [-0.05, 0) is 23.3 Å². The number of benzene rings is 2. The van der Waals surface area contributed by atoms with Gasteiger partial charge in [0.05, 0.1) is 0 Å². The average Bonchev–Trinajstić information content (AvgIpc) is 2.46. The summed E-state index contributed by atoms with van der Waals surface area (Å²) in [5.74, 6) is 0. The lowest BCUT2D eigenvalue weighted by Crippen LogP contribution is -2.04. The minimum Gasteiger partial charge on any atom is -0.322 e.